The van der Waals surface area contributed by atoms with Gasteiger partial charge < -0.3 is 10.1 Å². The van der Waals surface area contributed by atoms with E-state index in [1.807, 2.05) is 18.2 Å². The van der Waals surface area contributed by atoms with Gasteiger partial charge in [0.15, 0.2) is 0 Å². The number of fused-ring (bicyclic) bond motifs is 1. The zero-order valence-electron chi connectivity index (χ0n) is 7.55. The molecule has 72 valence electrons. The third kappa shape index (κ3) is 1.01. The summed E-state index contributed by atoms with van der Waals surface area (Å²) in [4.78, 5) is 3.09. The van der Waals surface area contributed by atoms with Crippen molar-refractivity contribution >= 4 is 22.5 Å². The lowest BCUT2D eigenvalue weighted by Gasteiger charge is -2.09. The molecule has 3 heteroatoms. The molecule has 2 nitrogen and oxygen atoms in total. The first-order chi connectivity index (χ1) is 6.71. The fourth-order valence-corrected chi connectivity index (χ4v) is 2.18. The Morgan fingerprint density at radius 3 is 2.86 bits per heavy atom. The van der Waals surface area contributed by atoms with E-state index in [0.717, 1.165) is 29.3 Å². The molecule has 1 aliphatic carbocycles. The minimum Gasteiger partial charge on any atom is -0.385 e. The minimum absolute atomic E-state index is 0.620. The van der Waals surface area contributed by atoms with Gasteiger partial charge in [0.25, 0.3) is 0 Å². The molecule has 0 atom stereocenters. The maximum Gasteiger partial charge on any atom is 0.0906 e. The molecule has 3 rings (SSSR count). The monoisotopic (exact) mass is 207 g/mol. The van der Waals surface area contributed by atoms with E-state index in [0.29, 0.717) is 5.02 Å². The van der Waals surface area contributed by atoms with E-state index in [2.05, 4.69) is 4.98 Å². The van der Waals surface area contributed by atoms with Crippen LogP contribution in [-0.2, 0) is 5.60 Å². The van der Waals surface area contributed by atoms with E-state index >= 15 is 0 Å². The maximum atomic E-state index is 10.1. The van der Waals surface area contributed by atoms with Gasteiger partial charge in [-0.1, -0.05) is 23.7 Å². The Labute approximate surface area is 86.5 Å². The topological polar surface area (TPSA) is 36.0 Å². The number of hydrogen-bond donors (Lipinski definition) is 2. The molecule has 0 bridgehead atoms. The van der Waals surface area contributed by atoms with Crippen LogP contribution in [0.4, 0.5) is 0 Å². The molecule has 1 aromatic carbocycles. The molecule has 1 fully saturated rings. The smallest absolute Gasteiger partial charge is 0.0906 e. The summed E-state index contributed by atoms with van der Waals surface area (Å²) in [7, 11) is 0. The molecule has 1 aliphatic rings. The van der Waals surface area contributed by atoms with Gasteiger partial charge in [-0.15, -0.1) is 0 Å². The third-order valence-electron chi connectivity index (χ3n) is 2.88. The van der Waals surface area contributed by atoms with E-state index in [4.69, 9.17) is 11.6 Å². The lowest BCUT2D eigenvalue weighted by Crippen LogP contribution is -2.04. The zero-order chi connectivity index (χ0) is 9.76. The first-order valence-electron chi connectivity index (χ1n) is 4.69. The van der Waals surface area contributed by atoms with Gasteiger partial charge in [0, 0.05) is 17.1 Å². The van der Waals surface area contributed by atoms with Crippen molar-refractivity contribution in [3.8, 4) is 0 Å². The van der Waals surface area contributed by atoms with Crippen molar-refractivity contribution in [3.63, 3.8) is 0 Å². The second-order valence-corrected chi connectivity index (χ2v) is 4.30. The van der Waals surface area contributed by atoms with E-state index in [-0.39, 0.29) is 0 Å². The molecule has 0 unspecified atom stereocenters. The van der Waals surface area contributed by atoms with Gasteiger partial charge in [-0.3, -0.25) is 0 Å². The first kappa shape index (κ1) is 8.33. The molecule has 0 amide bonds. The highest BCUT2D eigenvalue weighted by molar-refractivity contribution is 6.35. The van der Waals surface area contributed by atoms with Crippen LogP contribution >= 0.6 is 11.6 Å². The number of H-pyrrole nitrogens is 1. The summed E-state index contributed by atoms with van der Waals surface area (Å²) >= 11 is 6.07. The van der Waals surface area contributed by atoms with Gasteiger partial charge in [-0.05, 0) is 24.5 Å². The molecule has 2 N–H and O–H groups in total. The predicted octanol–water partition coefficient (Wildman–Crippen LogP) is 2.80. The van der Waals surface area contributed by atoms with E-state index in [1.165, 1.54) is 0 Å². The minimum atomic E-state index is -0.620. The number of rotatable bonds is 1. The van der Waals surface area contributed by atoms with Crippen molar-refractivity contribution in [2.75, 3.05) is 0 Å². The molecular formula is C11H10ClNO. The quantitative estimate of drug-likeness (QED) is 0.741. The Kier molecular flexibility index (Phi) is 1.50. The summed E-state index contributed by atoms with van der Waals surface area (Å²) in [6, 6.07) is 5.87. The molecule has 0 radical (unpaired) electrons. The molecule has 0 aliphatic heterocycles. The average molecular weight is 208 g/mol. The van der Waals surface area contributed by atoms with Crippen molar-refractivity contribution in [1.82, 2.24) is 4.98 Å². The van der Waals surface area contributed by atoms with Crippen molar-refractivity contribution in [1.29, 1.82) is 0 Å². The number of halogens is 1. The lowest BCUT2D eigenvalue weighted by atomic mass is 10.0. The largest absolute Gasteiger partial charge is 0.385 e. The van der Waals surface area contributed by atoms with E-state index in [1.54, 1.807) is 6.20 Å². The van der Waals surface area contributed by atoms with E-state index in [9.17, 15) is 5.11 Å². The normalized spacial score (nSPS) is 18.7. The first-order valence-corrected chi connectivity index (χ1v) is 5.07. The number of aliphatic hydroxyl groups is 1. The SMILES string of the molecule is OC1(c2cccc3[nH]cc(Cl)c23)CC1. The number of benzene rings is 1. The zero-order valence-corrected chi connectivity index (χ0v) is 8.30. The Morgan fingerprint density at radius 2 is 2.14 bits per heavy atom. The van der Waals surface area contributed by atoms with Gasteiger partial charge >= 0.3 is 0 Å². The van der Waals surface area contributed by atoms with Crippen molar-refractivity contribution in [3.05, 3.63) is 35.0 Å². The van der Waals surface area contributed by atoms with Crippen molar-refractivity contribution < 1.29 is 5.11 Å². The molecule has 14 heavy (non-hydrogen) atoms. The fraction of sp³-hybridized carbons (Fsp3) is 0.273. The highest BCUT2D eigenvalue weighted by Gasteiger charge is 2.43. The average Bonchev–Trinajstić information content (AvgIpc) is 2.83. The van der Waals surface area contributed by atoms with Gasteiger partial charge in [-0.2, -0.15) is 0 Å². The molecule has 0 saturated heterocycles. The summed E-state index contributed by atoms with van der Waals surface area (Å²) in [5, 5.41) is 11.7. The standard InChI is InChI=1S/C11H10ClNO/c12-8-6-13-9-3-1-2-7(10(8)9)11(14)4-5-11/h1-3,6,13-14H,4-5H2. The highest BCUT2D eigenvalue weighted by Crippen LogP contribution is 2.48. The van der Waals surface area contributed by atoms with Crippen LogP contribution in [0.1, 0.15) is 18.4 Å². The van der Waals surface area contributed by atoms with Crippen LogP contribution in [0, 0.1) is 0 Å². The van der Waals surface area contributed by atoms with Crippen LogP contribution in [0.25, 0.3) is 10.9 Å². The maximum absolute atomic E-state index is 10.1. The summed E-state index contributed by atoms with van der Waals surface area (Å²) in [6.07, 6.45) is 3.45. The number of aromatic nitrogens is 1. The van der Waals surface area contributed by atoms with E-state index < -0.39 is 5.60 Å². The number of aromatic amines is 1. The predicted molar refractivity (Wildman–Crippen MR) is 56.4 cm³/mol. The molecular weight excluding hydrogens is 198 g/mol. The summed E-state index contributed by atoms with van der Waals surface area (Å²) < 4.78 is 0. The molecule has 2 aromatic rings. The molecule has 1 heterocycles. The summed E-state index contributed by atoms with van der Waals surface area (Å²) in [5.41, 5.74) is 1.33. The summed E-state index contributed by atoms with van der Waals surface area (Å²) in [5.74, 6) is 0. The van der Waals surface area contributed by atoms with Crippen molar-refractivity contribution in [2.24, 2.45) is 0 Å². The Morgan fingerprint density at radius 1 is 1.36 bits per heavy atom. The van der Waals surface area contributed by atoms with Gasteiger partial charge in [0.2, 0.25) is 0 Å². The Balaban J connectivity index is 2.37. The van der Waals surface area contributed by atoms with Crippen LogP contribution in [0.3, 0.4) is 0 Å². The summed E-state index contributed by atoms with van der Waals surface area (Å²) in [6.45, 7) is 0. The van der Waals surface area contributed by atoms with Crippen LogP contribution < -0.4 is 0 Å². The Bertz CT molecular complexity index is 499. The number of nitrogens with one attached hydrogen (secondary N) is 1. The van der Waals surface area contributed by atoms with Gasteiger partial charge in [0.1, 0.15) is 0 Å². The van der Waals surface area contributed by atoms with Crippen LogP contribution in [0.2, 0.25) is 5.02 Å². The lowest BCUT2D eigenvalue weighted by molar-refractivity contribution is 0.153. The second-order valence-electron chi connectivity index (χ2n) is 3.90. The third-order valence-corrected chi connectivity index (χ3v) is 3.18. The fourth-order valence-electron chi connectivity index (χ4n) is 1.92. The van der Waals surface area contributed by atoms with Crippen molar-refractivity contribution in [2.45, 2.75) is 18.4 Å². The van der Waals surface area contributed by atoms with Gasteiger partial charge in [0.05, 0.1) is 10.6 Å². The van der Waals surface area contributed by atoms with Crippen LogP contribution in [0.5, 0.6) is 0 Å². The van der Waals surface area contributed by atoms with Crippen LogP contribution in [-0.4, -0.2) is 10.1 Å². The highest BCUT2D eigenvalue weighted by atomic mass is 35.5. The number of hydrogen-bond acceptors (Lipinski definition) is 1. The Hall–Kier alpha value is -0.990. The van der Waals surface area contributed by atoms with Gasteiger partial charge in [-0.25, -0.2) is 0 Å². The van der Waals surface area contributed by atoms with Crippen LogP contribution in [0.15, 0.2) is 24.4 Å². The second kappa shape index (κ2) is 2.53. The molecule has 1 saturated carbocycles. The molecule has 1 aromatic heterocycles. The molecule has 0 spiro atoms.